The lowest BCUT2D eigenvalue weighted by Gasteiger charge is -2.30. The highest BCUT2D eigenvalue weighted by Crippen LogP contribution is 2.46. The number of hydrogen-bond acceptors (Lipinski definition) is 12. The second-order valence-corrected chi connectivity index (χ2v) is 19.3. The van der Waals surface area contributed by atoms with Crippen molar-refractivity contribution in [3.63, 3.8) is 0 Å². The maximum Gasteiger partial charge on any atom is 0.410 e. The van der Waals surface area contributed by atoms with E-state index in [2.05, 4.69) is 20.3 Å². The third-order valence-electron chi connectivity index (χ3n) is 12.9. The van der Waals surface area contributed by atoms with Crippen LogP contribution in [0.2, 0.25) is 0 Å². The minimum Gasteiger partial charge on any atom is -0.492 e. The Morgan fingerprint density at radius 2 is 1.68 bits per heavy atom. The third-order valence-corrected chi connectivity index (χ3v) is 14.7. The van der Waals surface area contributed by atoms with Crippen molar-refractivity contribution >= 4 is 39.9 Å². The third kappa shape index (κ3) is 10.0. The van der Waals surface area contributed by atoms with Crippen molar-refractivity contribution in [2.45, 2.75) is 132 Å². The van der Waals surface area contributed by atoms with Crippen LogP contribution in [-0.4, -0.2) is 134 Å². The molecule has 0 aromatic heterocycles. The van der Waals surface area contributed by atoms with Gasteiger partial charge in [0.05, 0.1) is 25.0 Å². The number of carbonyl (C=O) groups is 5. The minimum atomic E-state index is -3.91. The van der Waals surface area contributed by atoms with E-state index in [4.69, 9.17) is 18.9 Å². The molecule has 0 spiro atoms. The SMILES string of the molecule is O=C(N[C@H]1CCCCCC=C[C@@H]2C[C@@]2(C(=O)NS(=O)(=O)C2CC2)NC(=O)[C@@H]2C[C@@H](OC(=O)N3Cc4ccc(OCCN5CCOCC5)cc4C3)CN2C1=O)OC1CCCC1. The first-order chi connectivity index (χ1) is 29.0. The quantitative estimate of drug-likeness (QED) is 0.291. The van der Waals surface area contributed by atoms with E-state index < -0.39 is 74.8 Å². The Hall–Kier alpha value is -4.42. The number of carbonyl (C=O) groups excluding carboxylic acids is 5. The highest BCUT2D eigenvalue weighted by Gasteiger charge is 2.62. The Labute approximate surface area is 351 Å². The van der Waals surface area contributed by atoms with Crippen LogP contribution in [0.1, 0.15) is 94.6 Å². The highest BCUT2D eigenvalue weighted by molar-refractivity contribution is 7.91. The number of ether oxygens (including phenoxy) is 4. The van der Waals surface area contributed by atoms with E-state index in [0.29, 0.717) is 70.8 Å². The molecule has 0 bridgehead atoms. The van der Waals surface area contributed by atoms with Crippen molar-refractivity contribution in [3.05, 3.63) is 41.5 Å². The molecule has 18 heteroatoms. The van der Waals surface area contributed by atoms with Gasteiger partial charge in [-0.2, -0.15) is 0 Å². The molecular formula is C42H58N6O11S. The molecule has 5 atom stereocenters. The first-order valence-corrected chi connectivity index (χ1v) is 23.3. The van der Waals surface area contributed by atoms with Gasteiger partial charge in [0.15, 0.2) is 0 Å². The molecule has 1 aromatic rings. The van der Waals surface area contributed by atoms with Crippen molar-refractivity contribution in [1.82, 2.24) is 30.1 Å². The maximum atomic E-state index is 14.5. The smallest absolute Gasteiger partial charge is 0.410 e. The Balaban J connectivity index is 0.966. The molecule has 0 radical (unpaired) electrons. The lowest BCUT2D eigenvalue weighted by molar-refractivity contribution is -0.141. The van der Waals surface area contributed by atoms with Crippen LogP contribution >= 0.6 is 0 Å². The van der Waals surface area contributed by atoms with Crippen molar-refractivity contribution in [2.75, 3.05) is 46.0 Å². The number of benzene rings is 1. The molecule has 17 nitrogen and oxygen atoms in total. The largest absolute Gasteiger partial charge is 0.492 e. The monoisotopic (exact) mass is 854 g/mol. The zero-order valence-corrected chi connectivity index (χ0v) is 35.0. The van der Waals surface area contributed by atoms with E-state index in [1.54, 1.807) is 4.90 Å². The van der Waals surface area contributed by atoms with E-state index in [9.17, 15) is 32.4 Å². The molecule has 0 unspecified atom stereocenters. The fraction of sp³-hybridized carbons (Fsp3) is 0.690. The molecule has 5 fully saturated rings. The topological polar surface area (TPSA) is 202 Å². The number of fused-ring (bicyclic) bond motifs is 3. The second-order valence-electron chi connectivity index (χ2n) is 17.4. The number of hydrogen-bond donors (Lipinski definition) is 3. The molecule has 7 aliphatic rings. The number of morpholine rings is 1. The van der Waals surface area contributed by atoms with E-state index in [1.807, 2.05) is 30.4 Å². The lowest BCUT2D eigenvalue weighted by Crippen LogP contribution is -2.58. The number of allylic oxidation sites excluding steroid dienone is 1. The number of amides is 5. The molecule has 4 aliphatic heterocycles. The van der Waals surface area contributed by atoms with Crippen molar-refractivity contribution in [3.8, 4) is 5.75 Å². The summed E-state index contributed by atoms with van der Waals surface area (Å²) in [6.07, 6.45) is 8.99. The zero-order valence-electron chi connectivity index (χ0n) is 34.1. The van der Waals surface area contributed by atoms with Crippen molar-refractivity contribution in [2.24, 2.45) is 5.92 Å². The van der Waals surface area contributed by atoms with Crippen molar-refractivity contribution in [1.29, 1.82) is 0 Å². The van der Waals surface area contributed by atoms with Gasteiger partial charge in [-0.25, -0.2) is 18.0 Å². The molecule has 8 rings (SSSR count). The summed E-state index contributed by atoms with van der Waals surface area (Å²) < 4.78 is 51.1. The molecule has 2 saturated heterocycles. The van der Waals surface area contributed by atoms with Gasteiger partial charge in [-0.1, -0.05) is 31.1 Å². The van der Waals surface area contributed by atoms with E-state index in [-0.39, 0.29) is 25.5 Å². The van der Waals surface area contributed by atoms with Gasteiger partial charge in [0.2, 0.25) is 21.8 Å². The molecule has 3 saturated carbocycles. The van der Waals surface area contributed by atoms with Crippen LogP contribution in [0, 0.1) is 5.92 Å². The van der Waals surface area contributed by atoms with E-state index in [0.717, 1.165) is 69.3 Å². The first-order valence-electron chi connectivity index (χ1n) is 21.8. The van der Waals surface area contributed by atoms with Crippen LogP contribution in [0.25, 0.3) is 0 Å². The number of nitrogens with zero attached hydrogens (tertiary/aromatic N) is 3. The van der Waals surface area contributed by atoms with Gasteiger partial charge < -0.3 is 34.5 Å². The summed E-state index contributed by atoms with van der Waals surface area (Å²) in [6.45, 7) is 4.97. The molecule has 3 N–H and O–H groups in total. The van der Waals surface area contributed by atoms with Crippen LogP contribution < -0.4 is 20.1 Å². The standard InChI is InChI=1S/C42H58N6O11S/c49-37-36-23-33(59-41(53)47-25-28-12-13-32(22-29(28)26-47)57-21-18-46-16-19-56-20-17-46)27-48(36)38(50)35(43-40(52)58-31-9-6-7-10-31)11-5-3-1-2-4-8-30-24-42(30,44-37)39(51)45-60(54,55)34-14-15-34/h4,8,12-13,22,30-31,33-36H,1-3,5-7,9-11,14-21,23-27H2,(H,43,52)(H,44,49)(H,45,51)/t30-,33-,35+,36+,42-/m1/s1. The average molecular weight is 855 g/mol. The lowest BCUT2D eigenvalue weighted by atomic mass is 10.0. The van der Waals surface area contributed by atoms with E-state index in [1.165, 1.54) is 4.90 Å². The summed E-state index contributed by atoms with van der Waals surface area (Å²) in [5, 5.41) is 4.99. The van der Waals surface area contributed by atoms with Gasteiger partial charge in [-0.3, -0.25) is 28.9 Å². The summed E-state index contributed by atoms with van der Waals surface area (Å²) in [6, 6.07) is 3.57. The van der Waals surface area contributed by atoms with Crippen LogP contribution in [0.5, 0.6) is 5.75 Å². The number of nitrogens with one attached hydrogen (secondary N) is 3. The van der Waals surface area contributed by atoms with Gasteiger partial charge in [-0.05, 0) is 87.5 Å². The Kier molecular flexibility index (Phi) is 12.9. The summed E-state index contributed by atoms with van der Waals surface area (Å²) >= 11 is 0. The number of alkyl carbamates (subject to hydrolysis) is 1. The highest BCUT2D eigenvalue weighted by atomic mass is 32.2. The molecule has 4 heterocycles. The molecule has 5 amide bonds. The molecule has 3 aliphatic carbocycles. The summed E-state index contributed by atoms with van der Waals surface area (Å²) in [7, 11) is -3.91. The molecular weight excluding hydrogens is 797 g/mol. The number of rotatable bonds is 10. The maximum absolute atomic E-state index is 14.5. The molecule has 1 aromatic carbocycles. The van der Waals surface area contributed by atoms with Crippen LogP contribution in [0.4, 0.5) is 9.59 Å². The summed E-state index contributed by atoms with van der Waals surface area (Å²) in [4.78, 5) is 74.7. The van der Waals surface area contributed by atoms with Crippen LogP contribution in [0.3, 0.4) is 0 Å². The average Bonchev–Trinajstić information content (AvgIpc) is 4.02. The molecule has 60 heavy (non-hydrogen) atoms. The fourth-order valence-electron chi connectivity index (χ4n) is 9.11. The van der Waals surface area contributed by atoms with Crippen molar-refractivity contribution < 1.29 is 51.3 Å². The van der Waals surface area contributed by atoms with Gasteiger partial charge >= 0.3 is 12.2 Å². The van der Waals surface area contributed by atoms with E-state index >= 15 is 0 Å². The fourth-order valence-corrected chi connectivity index (χ4v) is 10.5. The van der Waals surface area contributed by atoms with Crippen LogP contribution in [-0.2, 0) is 51.7 Å². The zero-order chi connectivity index (χ0) is 41.9. The van der Waals surface area contributed by atoms with Crippen LogP contribution in [0.15, 0.2) is 30.4 Å². The normalized spacial score (nSPS) is 29.0. The second kappa shape index (κ2) is 18.3. The summed E-state index contributed by atoms with van der Waals surface area (Å²) in [5.41, 5.74) is 0.358. The first kappa shape index (κ1) is 42.3. The predicted molar refractivity (Wildman–Crippen MR) is 216 cm³/mol. The summed E-state index contributed by atoms with van der Waals surface area (Å²) in [5.74, 6) is -1.75. The minimum absolute atomic E-state index is 0.0664. The Bertz CT molecular complexity index is 1930. The Morgan fingerprint density at radius 1 is 0.917 bits per heavy atom. The Morgan fingerprint density at radius 3 is 2.47 bits per heavy atom. The number of sulfonamides is 1. The molecule has 328 valence electrons. The van der Waals surface area contributed by atoms with Gasteiger partial charge in [0.25, 0.3) is 5.91 Å². The predicted octanol–water partition coefficient (Wildman–Crippen LogP) is 2.86. The van der Waals surface area contributed by atoms with Gasteiger partial charge in [0, 0.05) is 45.1 Å². The van der Waals surface area contributed by atoms with Gasteiger partial charge in [-0.15, -0.1) is 0 Å². The van der Waals surface area contributed by atoms with Gasteiger partial charge in [0.1, 0.15) is 42.2 Å².